The minimum atomic E-state index is -0.0448. The zero-order valence-corrected chi connectivity index (χ0v) is 12.1. The summed E-state index contributed by atoms with van der Waals surface area (Å²) in [5.74, 6) is 1.65. The first kappa shape index (κ1) is 15.4. The average Bonchev–Trinajstić information content (AvgIpc) is 2.45. The van der Waals surface area contributed by atoms with Crippen molar-refractivity contribution >= 4 is 17.8 Å². The van der Waals surface area contributed by atoms with Crippen molar-refractivity contribution < 1.29 is 5.11 Å². The lowest BCUT2D eigenvalue weighted by atomic mass is 10.2. The number of aromatic nitrogens is 3. The summed E-state index contributed by atoms with van der Waals surface area (Å²) < 4.78 is 0. The van der Waals surface area contributed by atoms with Gasteiger partial charge in [-0.3, -0.25) is 0 Å². The van der Waals surface area contributed by atoms with E-state index in [2.05, 4.69) is 39.4 Å². The number of nitrogens with zero attached hydrogens (tertiary/aromatic N) is 4. The molecule has 0 amide bonds. The van der Waals surface area contributed by atoms with Crippen LogP contribution in [-0.2, 0) is 0 Å². The summed E-state index contributed by atoms with van der Waals surface area (Å²) >= 11 is 0. The Hall–Kier alpha value is -1.63. The van der Waals surface area contributed by atoms with Crippen molar-refractivity contribution in [3.05, 3.63) is 0 Å². The van der Waals surface area contributed by atoms with Crippen LogP contribution >= 0.6 is 0 Å². The highest BCUT2D eigenvalue weighted by atomic mass is 16.3. The molecule has 1 atom stereocenters. The van der Waals surface area contributed by atoms with Gasteiger partial charge in [0.1, 0.15) is 0 Å². The quantitative estimate of drug-likeness (QED) is 0.647. The van der Waals surface area contributed by atoms with E-state index in [0.29, 0.717) is 17.8 Å². The van der Waals surface area contributed by atoms with E-state index in [1.807, 2.05) is 11.8 Å². The predicted molar refractivity (Wildman–Crippen MR) is 77.7 cm³/mol. The third-order valence-electron chi connectivity index (χ3n) is 2.94. The maximum Gasteiger partial charge on any atom is 0.231 e. The molecular weight excluding hydrogens is 244 g/mol. The van der Waals surface area contributed by atoms with Gasteiger partial charge in [0.25, 0.3) is 0 Å². The second-order valence-electron chi connectivity index (χ2n) is 4.14. The molecule has 0 aliphatic heterocycles. The molecule has 3 N–H and O–H groups in total. The van der Waals surface area contributed by atoms with Gasteiger partial charge in [0.05, 0.1) is 12.6 Å². The lowest BCUT2D eigenvalue weighted by Crippen LogP contribution is -2.28. The molecule has 0 saturated heterocycles. The molecule has 1 aromatic heterocycles. The van der Waals surface area contributed by atoms with Crippen molar-refractivity contribution in [2.75, 3.05) is 42.3 Å². The fraction of sp³-hybridized carbons (Fsp3) is 0.750. The second-order valence-corrected chi connectivity index (χ2v) is 4.14. The summed E-state index contributed by atoms with van der Waals surface area (Å²) in [5.41, 5.74) is 0. The molecule has 1 rings (SSSR count). The minimum absolute atomic E-state index is 0.0448. The van der Waals surface area contributed by atoms with Crippen LogP contribution in [0.2, 0.25) is 0 Å². The zero-order valence-electron chi connectivity index (χ0n) is 12.1. The number of aliphatic hydroxyl groups is 1. The number of rotatable bonds is 8. The van der Waals surface area contributed by atoms with Crippen molar-refractivity contribution in [3.8, 4) is 0 Å². The normalized spacial score (nSPS) is 12.1. The van der Waals surface area contributed by atoms with Crippen LogP contribution in [0.1, 0.15) is 27.2 Å². The highest BCUT2D eigenvalue weighted by Crippen LogP contribution is 2.14. The first-order valence-electron chi connectivity index (χ1n) is 6.74. The Bertz CT molecular complexity index is 378. The van der Waals surface area contributed by atoms with E-state index in [1.165, 1.54) is 0 Å². The van der Waals surface area contributed by atoms with E-state index >= 15 is 0 Å². The lowest BCUT2D eigenvalue weighted by Gasteiger charge is -2.20. The zero-order chi connectivity index (χ0) is 14.3. The molecule has 0 aliphatic rings. The Morgan fingerprint density at radius 3 is 2.21 bits per heavy atom. The Morgan fingerprint density at radius 2 is 1.74 bits per heavy atom. The van der Waals surface area contributed by atoms with Gasteiger partial charge < -0.3 is 20.6 Å². The van der Waals surface area contributed by atoms with Crippen LogP contribution in [0.5, 0.6) is 0 Å². The molecule has 1 unspecified atom stereocenters. The van der Waals surface area contributed by atoms with Gasteiger partial charge in [0.2, 0.25) is 17.8 Å². The monoisotopic (exact) mass is 268 g/mol. The van der Waals surface area contributed by atoms with Crippen molar-refractivity contribution in [2.24, 2.45) is 0 Å². The first-order chi connectivity index (χ1) is 9.18. The third-order valence-corrected chi connectivity index (χ3v) is 2.94. The largest absolute Gasteiger partial charge is 0.394 e. The summed E-state index contributed by atoms with van der Waals surface area (Å²) in [4.78, 5) is 15.0. The topological polar surface area (TPSA) is 86.2 Å². The molecule has 0 aromatic carbocycles. The van der Waals surface area contributed by atoms with E-state index in [-0.39, 0.29) is 12.6 Å². The fourth-order valence-electron chi connectivity index (χ4n) is 1.65. The van der Waals surface area contributed by atoms with Crippen molar-refractivity contribution in [2.45, 2.75) is 33.2 Å². The molecule has 7 heteroatoms. The van der Waals surface area contributed by atoms with Crippen LogP contribution in [0, 0.1) is 0 Å². The maximum absolute atomic E-state index is 9.22. The van der Waals surface area contributed by atoms with Gasteiger partial charge in [-0.1, -0.05) is 6.92 Å². The van der Waals surface area contributed by atoms with Gasteiger partial charge in [-0.05, 0) is 20.3 Å². The van der Waals surface area contributed by atoms with Crippen LogP contribution in [-0.4, -0.2) is 52.8 Å². The van der Waals surface area contributed by atoms with E-state index in [4.69, 9.17) is 0 Å². The van der Waals surface area contributed by atoms with Gasteiger partial charge in [0, 0.05) is 20.1 Å². The SMILES string of the molecule is CCC(CO)Nc1nc(NC)nc(N(CC)CC)n1. The number of hydrogen-bond donors (Lipinski definition) is 3. The summed E-state index contributed by atoms with van der Waals surface area (Å²) in [6.45, 7) is 7.83. The van der Waals surface area contributed by atoms with Gasteiger partial charge in [0.15, 0.2) is 0 Å². The number of anilines is 3. The van der Waals surface area contributed by atoms with Crippen molar-refractivity contribution in [1.82, 2.24) is 15.0 Å². The number of hydrogen-bond acceptors (Lipinski definition) is 7. The van der Waals surface area contributed by atoms with Gasteiger partial charge >= 0.3 is 0 Å². The second kappa shape index (κ2) is 7.73. The van der Waals surface area contributed by atoms with Crippen LogP contribution in [0.25, 0.3) is 0 Å². The van der Waals surface area contributed by atoms with Gasteiger partial charge in [-0.25, -0.2) is 0 Å². The Morgan fingerprint density at radius 1 is 1.11 bits per heavy atom. The molecule has 19 heavy (non-hydrogen) atoms. The standard InChI is InChI=1S/C12H24N6O/c1-5-9(8-19)14-11-15-10(13-4)16-12(17-11)18(6-2)7-3/h9,19H,5-8H2,1-4H3,(H2,13,14,15,16,17). The fourth-order valence-corrected chi connectivity index (χ4v) is 1.65. The predicted octanol–water partition coefficient (Wildman–Crippen LogP) is 0.942. The molecule has 7 nitrogen and oxygen atoms in total. The summed E-state index contributed by atoms with van der Waals surface area (Å²) in [7, 11) is 1.77. The summed E-state index contributed by atoms with van der Waals surface area (Å²) in [5, 5.41) is 15.3. The molecule has 0 bridgehead atoms. The molecule has 0 fully saturated rings. The molecule has 0 saturated carbocycles. The molecule has 0 aliphatic carbocycles. The minimum Gasteiger partial charge on any atom is -0.394 e. The Labute approximate surface area is 114 Å². The van der Waals surface area contributed by atoms with Gasteiger partial charge in [-0.15, -0.1) is 0 Å². The van der Waals surface area contributed by atoms with Crippen LogP contribution in [0.4, 0.5) is 17.8 Å². The maximum atomic E-state index is 9.22. The third kappa shape index (κ3) is 4.20. The van der Waals surface area contributed by atoms with E-state index in [9.17, 15) is 5.11 Å². The van der Waals surface area contributed by atoms with Crippen LogP contribution < -0.4 is 15.5 Å². The molecule has 108 valence electrons. The summed E-state index contributed by atoms with van der Waals surface area (Å²) in [6.07, 6.45) is 0.803. The highest BCUT2D eigenvalue weighted by Gasteiger charge is 2.12. The number of nitrogens with one attached hydrogen (secondary N) is 2. The molecule has 0 radical (unpaired) electrons. The molecule has 1 aromatic rings. The van der Waals surface area contributed by atoms with Crippen molar-refractivity contribution in [1.29, 1.82) is 0 Å². The van der Waals surface area contributed by atoms with E-state index in [0.717, 1.165) is 19.5 Å². The molecule has 1 heterocycles. The smallest absolute Gasteiger partial charge is 0.231 e. The van der Waals surface area contributed by atoms with E-state index < -0.39 is 0 Å². The van der Waals surface area contributed by atoms with Crippen molar-refractivity contribution in [3.63, 3.8) is 0 Å². The average molecular weight is 268 g/mol. The molecule has 0 spiro atoms. The Kier molecular flexibility index (Phi) is 6.27. The number of aliphatic hydroxyl groups excluding tert-OH is 1. The lowest BCUT2D eigenvalue weighted by molar-refractivity contribution is 0.271. The van der Waals surface area contributed by atoms with Gasteiger partial charge in [-0.2, -0.15) is 15.0 Å². The first-order valence-corrected chi connectivity index (χ1v) is 6.74. The summed E-state index contributed by atoms with van der Waals surface area (Å²) in [6, 6.07) is -0.0448. The van der Waals surface area contributed by atoms with Crippen LogP contribution in [0.15, 0.2) is 0 Å². The van der Waals surface area contributed by atoms with E-state index in [1.54, 1.807) is 7.05 Å². The molecular formula is C12H24N6O. The Balaban J connectivity index is 3.00. The van der Waals surface area contributed by atoms with Crippen LogP contribution in [0.3, 0.4) is 0 Å². The highest BCUT2D eigenvalue weighted by molar-refractivity contribution is 5.43.